The van der Waals surface area contributed by atoms with Crippen LogP contribution in [0.1, 0.15) is 0 Å². The quantitative estimate of drug-likeness (QED) is 0.0754. The summed E-state index contributed by atoms with van der Waals surface area (Å²) in [6, 6.07) is 107. The number of benzene rings is 12. The SMILES string of the molecule is c1ccc(-n2c3ccccc3c3c(N(c4ccc(-c5cccc([Si](c6ccccc6)(c6ccccc6)c6ccccc6)c5)cc4)c4ccc(-c5ccc6ccc7ccccc7c6c5)cc4)cccc32)cc1. The van der Waals surface area contributed by atoms with Crippen molar-refractivity contribution in [1.82, 2.24) is 4.57 Å². The topological polar surface area (TPSA) is 8.17 Å². The number of rotatable bonds is 10. The number of aromatic nitrogens is 1. The Morgan fingerprint density at radius 2 is 0.732 bits per heavy atom. The lowest BCUT2D eigenvalue weighted by Gasteiger charge is -2.34. The zero-order valence-electron chi connectivity index (χ0n) is 39.1. The van der Waals surface area contributed by atoms with Gasteiger partial charge in [0.15, 0.2) is 8.07 Å². The molecule has 12 aromatic carbocycles. The standard InChI is InChI=1S/C68H48N2Si/c1-5-21-55(22-6-1)70-65-32-16-15-31-63(65)68-66(33-18-34-67(68)70)69(57-45-41-50(42-46-57)54-38-37-52-36-35-51-19-13-14-30-62(51)64(52)48-54)56-43-39-49(40-44-56)53-20-17-29-61(47-53)71(58-23-7-2-8-24-58,59-25-9-3-10-26-59)60-27-11-4-12-28-60/h1-48H. The van der Waals surface area contributed by atoms with Gasteiger partial charge in [-0.05, 0) is 125 Å². The summed E-state index contributed by atoms with van der Waals surface area (Å²) in [5, 5.41) is 12.9. The van der Waals surface area contributed by atoms with Gasteiger partial charge in [0.25, 0.3) is 0 Å². The maximum Gasteiger partial charge on any atom is 0.179 e. The van der Waals surface area contributed by atoms with Crippen molar-refractivity contribution >= 4 is 89.2 Å². The summed E-state index contributed by atoms with van der Waals surface area (Å²) in [6.07, 6.45) is 0. The summed E-state index contributed by atoms with van der Waals surface area (Å²) in [4.78, 5) is 2.44. The van der Waals surface area contributed by atoms with E-state index in [4.69, 9.17) is 0 Å². The van der Waals surface area contributed by atoms with Crippen molar-refractivity contribution in [2.24, 2.45) is 0 Å². The summed E-state index contributed by atoms with van der Waals surface area (Å²) in [7, 11) is -2.72. The molecular weight excluding hydrogens is 873 g/mol. The van der Waals surface area contributed by atoms with Crippen LogP contribution in [0, 0.1) is 0 Å². The number of para-hydroxylation sites is 2. The number of nitrogens with zero attached hydrogens (tertiary/aromatic N) is 2. The molecule has 13 rings (SSSR count). The molecule has 1 aromatic heterocycles. The van der Waals surface area contributed by atoms with Crippen molar-refractivity contribution in [3.8, 4) is 27.9 Å². The Labute approximate surface area is 415 Å². The van der Waals surface area contributed by atoms with Crippen molar-refractivity contribution < 1.29 is 0 Å². The Bertz CT molecular complexity index is 3920. The maximum absolute atomic E-state index is 2.72. The second kappa shape index (κ2) is 17.8. The lowest BCUT2D eigenvalue weighted by Crippen LogP contribution is -2.74. The van der Waals surface area contributed by atoms with Crippen molar-refractivity contribution in [1.29, 1.82) is 0 Å². The first-order chi connectivity index (χ1) is 35.2. The first-order valence-corrected chi connectivity index (χ1v) is 26.5. The molecule has 13 aromatic rings. The summed E-state index contributed by atoms with van der Waals surface area (Å²) < 4.78 is 2.40. The number of hydrogen-bond donors (Lipinski definition) is 0. The van der Waals surface area contributed by atoms with E-state index in [1.807, 2.05) is 0 Å². The first-order valence-electron chi connectivity index (χ1n) is 24.5. The molecule has 0 fully saturated rings. The lowest BCUT2D eigenvalue weighted by molar-refractivity contribution is 1.18. The Balaban J connectivity index is 0.960. The van der Waals surface area contributed by atoms with Crippen LogP contribution < -0.4 is 25.6 Å². The van der Waals surface area contributed by atoms with Crippen LogP contribution in [0.15, 0.2) is 291 Å². The van der Waals surface area contributed by atoms with Crippen LogP contribution in [-0.2, 0) is 0 Å². The average Bonchev–Trinajstić information content (AvgIpc) is 3.80. The molecule has 0 saturated heterocycles. The van der Waals surface area contributed by atoms with Gasteiger partial charge in [-0.1, -0.05) is 231 Å². The third-order valence-electron chi connectivity index (χ3n) is 14.5. The van der Waals surface area contributed by atoms with E-state index in [1.54, 1.807) is 0 Å². The minimum absolute atomic E-state index is 1.08. The van der Waals surface area contributed by atoms with Gasteiger partial charge in [0.1, 0.15) is 0 Å². The highest BCUT2D eigenvalue weighted by molar-refractivity contribution is 7.19. The number of fused-ring (bicyclic) bond motifs is 6. The largest absolute Gasteiger partial charge is 0.310 e. The molecule has 0 amide bonds. The molecule has 0 spiro atoms. The zero-order valence-corrected chi connectivity index (χ0v) is 40.1. The van der Waals surface area contributed by atoms with Crippen LogP contribution in [0.25, 0.3) is 71.3 Å². The van der Waals surface area contributed by atoms with Crippen LogP contribution in [0.5, 0.6) is 0 Å². The van der Waals surface area contributed by atoms with E-state index in [0.29, 0.717) is 0 Å². The second-order valence-electron chi connectivity index (χ2n) is 18.4. The maximum atomic E-state index is 2.46. The fourth-order valence-electron chi connectivity index (χ4n) is 11.3. The predicted octanol–water partition coefficient (Wildman–Crippen LogP) is 15.3. The summed E-state index contributed by atoms with van der Waals surface area (Å²) >= 11 is 0. The van der Waals surface area contributed by atoms with Crippen molar-refractivity contribution in [2.75, 3.05) is 4.90 Å². The van der Waals surface area contributed by atoms with E-state index >= 15 is 0 Å². The molecular formula is C68H48N2Si. The monoisotopic (exact) mass is 920 g/mol. The van der Waals surface area contributed by atoms with Gasteiger partial charge >= 0.3 is 0 Å². The van der Waals surface area contributed by atoms with Crippen molar-refractivity contribution in [2.45, 2.75) is 0 Å². The van der Waals surface area contributed by atoms with E-state index in [0.717, 1.165) is 28.3 Å². The Morgan fingerprint density at radius 3 is 1.35 bits per heavy atom. The summed E-state index contributed by atoms with van der Waals surface area (Å²) in [5.74, 6) is 0. The molecule has 0 aliphatic carbocycles. The van der Waals surface area contributed by atoms with E-state index in [-0.39, 0.29) is 0 Å². The molecule has 0 bridgehead atoms. The molecule has 1 heterocycles. The Hall–Kier alpha value is -9.02. The van der Waals surface area contributed by atoms with Gasteiger partial charge < -0.3 is 9.47 Å². The van der Waals surface area contributed by atoms with Crippen LogP contribution in [0.2, 0.25) is 0 Å². The molecule has 2 nitrogen and oxygen atoms in total. The van der Waals surface area contributed by atoms with E-state index < -0.39 is 8.07 Å². The zero-order chi connectivity index (χ0) is 47.1. The fourth-order valence-corrected chi connectivity index (χ4v) is 16.0. The van der Waals surface area contributed by atoms with Crippen LogP contribution >= 0.6 is 0 Å². The highest BCUT2D eigenvalue weighted by Crippen LogP contribution is 2.44. The van der Waals surface area contributed by atoms with E-state index in [2.05, 4.69) is 301 Å². The van der Waals surface area contributed by atoms with Gasteiger partial charge in [-0.25, -0.2) is 0 Å². The Morgan fingerprint density at radius 1 is 0.282 bits per heavy atom. The van der Waals surface area contributed by atoms with Gasteiger partial charge in [0.2, 0.25) is 0 Å². The van der Waals surface area contributed by atoms with Crippen LogP contribution in [0.4, 0.5) is 17.1 Å². The van der Waals surface area contributed by atoms with E-state index in [1.165, 1.54) is 80.8 Å². The highest BCUT2D eigenvalue weighted by Gasteiger charge is 2.41. The van der Waals surface area contributed by atoms with Crippen molar-refractivity contribution in [3.05, 3.63) is 291 Å². The molecule has 0 aliphatic rings. The number of hydrogen-bond acceptors (Lipinski definition) is 1. The van der Waals surface area contributed by atoms with Crippen LogP contribution in [-0.4, -0.2) is 12.6 Å². The first kappa shape index (κ1) is 42.1. The third kappa shape index (κ3) is 7.26. The highest BCUT2D eigenvalue weighted by atomic mass is 28.3. The average molecular weight is 921 g/mol. The predicted molar refractivity (Wildman–Crippen MR) is 305 cm³/mol. The Kier molecular flexibility index (Phi) is 10.6. The normalized spacial score (nSPS) is 11.7. The van der Waals surface area contributed by atoms with Gasteiger partial charge in [-0.2, -0.15) is 0 Å². The molecule has 0 radical (unpaired) electrons. The van der Waals surface area contributed by atoms with Gasteiger partial charge in [0, 0.05) is 27.8 Å². The van der Waals surface area contributed by atoms with Crippen molar-refractivity contribution in [3.63, 3.8) is 0 Å². The molecule has 3 heteroatoms. The summed E-state index contributed by atoms with van der Waals surface area (Å²) in [6.45, 7) is 0. The summed E-state index contributed by atoms with van der Waals surface area (Å²) in [5.41, 5.74) is 11.5. The molecule has 0 saturated carbocycles. The molecule has 0 N–H and O–H groups in total. The smallest absolute Gasteiger partial charge is 0.179 e. The molecule has 0 unspecified atom stereocenters. The van der Waals surface area contributed by atoms with Gasteiger partial charge in [-0.3, -0.25) is 0 Å². The fraction of sp³-hybridized carbons (Fsp3) is 0. The second-order valence-corrected chi connectivity index (χ2v) is 22.2. The number of anilines is 3. The molecule has 0 aliphatic heterocycles. The third-order valence-corrected chi connectivity index (χ3v) is 19.3. The molecule has 71 heavy (non-hydrogen) atoms. The lowest BCUT2D eigenvalue weighted by atomic mass is 9.97. The van der Waals surface area contributed by atoms with E-state index in [9.17, 15) is 0 Å². The molecule has 0 atom stereocenters. The minimum Gasteiger partial charge on any atom is -0.310 e. The molecule has 334 valence electrons. The minimum atomic E-state index is -2.72. The van der Waals surface area contributed by atoms with Gasteiger partial charge in [0.05, 0.1) is 16.7 Å². The van der Waals surface area contributed by atoms with Gasteiger partial charge in [-0.15, -0.1) is 0 Å². The van der Waals surface area contributed by atoms with Crippen LogP contribution in [0.3, 0.4) is 0 Å².